The van der Waals surface area contributed by atoms with Gasteiger partial charge >= 0.3 is 0 Å². The maximum absolute atomic E-state index is 12.5. The van der Waals surface area contributed by atoms with Crippen LogP contribution in [-0.2, 0) is 9.59 Å². The zero-order valence-electron chi connectivity index (χ0n) is 12.6. The van der Waals surface area contributed by atoms with Gasteiger partial charge in [0.15, 0.2) is 0 Å². The van der Waals surface area contributed by atoms with Gasteiger partial charge in [0.05, 0.1) is 5.69 Å². The second-order valence-electron chi connectivity index (χ2n) is 5.88. The normalized spacial score (nSPS) is 19.5. The number of hydrogen-bond donors (Lipinski definition) is 0. The molecule has 0 aromatic heterocycles. The second kappa shape index (κ2) is 6.30. The fourth-order valence-corrected chi connectivity index (χ4v) is 3.07. The molecule has 0 aliphatic carbocycles. The van der Waals surface area contributed by atoms with E-state index in [1.54, 1.807) is 24.3 Å². The molecule has 0 saturated carbocycles. The van der Waals surface area contributed by atoms with Gasteiger partial charge < -0.3 is 4.90 Å². The SMILES string of the molecule is O=C(c1ccc(N2C(=O)CCC2=O)cc1)N1CCCCCC1. The van der Waals surface area contributed by atoms with Crippen molar-refractivity contribution in [3.63, 3.8) is 0 Å². The van der Waals surface area contributed by atoms with Crippen LogP contribution in [0.3, 0.4) is 0 Å². The first-order valence-electron chi connectivity index (χ1n) is 7.92. The fourth-order valence-electron chi connectivity index (χ4n) is 3.07. The Bertz CT molecular complexity index is 570. The molecule has 0 spiro atoms. The second-order valence-corrected chi connectivity index (χ2v) is 5.88. The molecule has 2 heterocycles. The van der Waals surface area contributed by atoms with Crippen molar-refractivity contribution in [2.24, 2.45) is 0 Å². The average Bonchev–Trinajstić information content (AvgIpc) is 2.74. The van der Waals surface area contributed by atoms with Crippen LogP contribution in [-0.4, -0.2) is 35.7 Å². The van der Waals surface area contributed by atoms with E-state index in [4.69, 9.17) is 0 Å². The number of nitrogens with zero attached hydrogens (tertiary/aromatic N) is 2. The first-order chi connectivity index (χ1) is 10.7. The number of amides is 3. The molecule has 116 valence electrons. The average molecular weight is 300 g/mol. The number of anilines is 1. The summed E-state index contributed by atoms with van der Waals surface area (Å²) >= 11 is 0. The van der Waals surface area contributed by atoms with Crippen LogP contribution >= 0.6 is 0 Å². The lowest BCUT2D eigenvalue weighted by molar-refractivity contribution is -0.121. The van der Waals surface area contributed by atoms with E-state index in [0.717, 1.165) is 25.9 Å². The number of hydrogen-bond acceptors (Lipinski definition) is 3. The van der Waals surface area contributed by atoms with Gasteiger partial charge in [-0.3, -0.25) is 19.3 Å². The molecule has 2 fully saturated rings. The van der Waals surface area contributed by atoms with Gasteiger partial charge in [-0.2, -0.15) is 0 Å². The molecule has 2 saturated heterocycles. The highest BCUT2D eigenvalue weighted by Gasteiger charge is 2.30. The van der Waals surface area contributed by atoms with Crippen LogP contribution in [0.2, 0.25) is 0 Å². The number of carbonyl (C=O) groups is 3. The Kier molecular flexibility index (Phi) is 4.22. The quantitative estimate of drug-likeness (QED) is 0.788. The maximum atomic E-state index is 12.5. The number of benzene rings is 1. The summed E-state index contributed by atoms with van der Waals surface area (Å²) in [7, 11) is 0. The topological polar surface area (TPSA) is 57.7 Å². The molecule has 0 unspecified atom stereocenters. The van der Waals surface area contributed by atoms with Crippen molar-refractivity contribution >= 4 is 23.4 Å². The van der Waals surface area contributed by atoms with Crippen molar-refractivity contribution in [2.45, 2.75) is 38.5 Å². The highest BCUT2D eigenvalue weighted by atomic mass is 16.2. The van der Waals surface area contributed by atoms with Crippen molar-refractivity contribution in [2.75, 3.05) is 18.0 Å². The molecule has 0 radical (unpaired) electrons. The van der Waals surface area contributed by atoms with Gasteiger partial charge in [-0.25, -0.2) is 0 Å². The summed E-state index contributed by atoms with van der Waals surface area (Å²) in [6, 6.07) is 6.79. The van der Waals surface area contributed by atoms with Gasteiger partial charge in [-0.1, -0.05) is 12.8 Å². The van der Waals surface area contributed by atoms with E-state index in [9.17, 15) is 14.4 Å². The zero-order valence-corrected chi connectivity index (χ0v) is 12.6. The standard InChI is InChI=1S/C17H20N2O3/c20-15-9-10-16(21)19(15)14-7-5-13(6-8-14)17(22)18-11-3-1-2-4-12-18/h5-8H,1-4,9-12H2. The van der Waals surface area contributed by atoms with Crippen molar-refractivity contribution in [3.8, 4) is 0 Å². The van der Waals surface area contributed by atoms with E-state index in [1.165, 1.54) is 17.7 Å². The Balaban J connectivity index is 1.74. The third-order valence-electron chi connectivity index (χ3n) is 4.32. The van der Waals surface area contributed by atoms with Crippen LogP contribution in [0.15, 0.2) is 24.3 Å². The van der Waals surface area contributed by atoms with E-state index in [0.29, 0.717) is 11.3 Å². The van der Waals surface area contributed by atoms with Gasteiger partial charge in [0.1, 0.15) is 0 Å². The number of likely N-dealkylation sites (tertiary alicyclic amines) is 1. The summed E-state index contributed by atoms with van der Waals surface area (Å²) < 4.78 is 0. The predicted octanol–water partition coefficient (Wildman–Crippen LogP) is 2.36. The van der Waals surface area contributed by atoms with Crippen LogP contribution < -0.4 is 4.90 Å². The molecule has 5 heteroatoms. The molecule has 1 aromatic rings. The Hall–Kier alpha value is -2.17. The molecule has 3 rings (SSSR count). The van der Waals surface area contributed by atoms with Gasteiger partial charge in [0.25, 0.3) is 5.91 Å². The summed E-state index contributed by atoms with van der Waals surface area (Å²) in [5, 5.41) is 0. The van der Waals surface area contributed by atoms with Crippen LogP contribution in [0.25, 0.3) is 0 Å². The van der Waals surface area contributed by atoms with E-state index < -0.39 is 0 Å². The van der Waals surface area contributed by atoms with Crippen LogP contribution in [0.1, 0.15) is 48.9 Å². The molecule has 0 bridgehead atoms. The summed E-state index contributed by atoms with van der Waals surface area (Å²) in [6.07, 6.45) is 5.02. The van der Waals surface area contributed by atoms with Crippen LogP contribution in [0.4, 0.5) is 5.69 Å². The first kappa shape index (κ1) is 14.8. The minimum atomic E-state index is -0.170. The van der Waals surface area contributed by atoms with E-state index >= 15 is 0 Å². The minimum Gasteiger partial charge on any atom is -0.339 e. The third kappa shape index (κ3) is 2.89. The zero-order chi connectivity index (χ0) is 15.5. The fraction of sp³-hybridized carbons (Fsp3) is 0.471. The number of imide groups is 1. The van der Waals surface area contributed by atoms with Gasteiger partial charge in [0, 0.05) is 31.5 Å². The van der Waals surface area contributed by atoms with Gasteiger partial charge in [-0.05, 0) is 37.1 Å². The Morgan fingerprint density at radius 1 is 0.818 bits per heavy atom. The molecular weight excluding hydrogens is 280 g/mol. The lowest BCUT2D eigenvalue weighted by Crippen LogP contribution is -2.32. The van der Waals surface area contributed by atoms with E-state index in [-0.39, 0.29) is 30.6 Å². The third-order valence-corrected chi connectivity index (χ3v) is 4.32. The Morgan fingerprint density at radius 2 is 1.36 bits per heavy atom. The van der Waals surface area contributed by atoms with Crippen molar-refractivity contribution in [1.29, 1.82) is 0 Å². The molecule has 1 aromatic carbocycles. The van der Waals surface area contributed by atoms with Crippen molar-refractivity contribution in [1.82, 2.24) is 4.90 Å². The monoisotopic (exact) mass is 300 g/mol. The highest BCUT2D eigenvalue weighted by molar-refractivity contribution is 6.19. The number of rotatable bonds is 2. The van der Waals surface area contributed by atoms with E-state index in [2.05, 4.69) is 0 Å². The lowest BCUT2D eigenvalue weighted by Gasteiger charge is -2.21. The van der Waals surface area contributed by atoms with Gasteiger partial charge in [-0.15, -0.1) is 0 Å². The Labute approximate surface area is 129 Å². The molecule has 2 aliphatic rings. The molecule has 0 atom stereocenters. The molecule has 3 amide bonds. The largest absolute Gasteiger partial charge is 0.339 e. The summed E-state index contributed by atoms with van der Waals surface area (Å²) in [5.41, 5.74) is 1.17. The van der Waals surface area contributed by atoms with Gasteiger partial charge in [0.2, 0.25) is 11.8 Å². The van der Waals surface area contributed by atoms with Crippen LogP contribution in [0.5, 0.6) is 0 Å². The maximum Gasteiger partial charge on any atom is 0.253 e. The summed E-state index contributed by atoms with van der Waals surface area (Å²) in [5.74, 6) is -0.305. The summed E-state index contributed by atoms with van der Waals surface area (Å²) in [4.78, 5) is 39.0. The summed E-state index contributed by atoms with van der Waals surface area (Å²) in [6.45, 7) is 1.62. The molecular formula is C17H20N2O3. The lowest BCUT2D eigenvalue weighted by atomic mass is 10.1. The van der Waals surface area contributed by atoms with Crippen molar-refractivity contribution < 1.29 is 14.4 Å². The minimum absolute atomic E-state index is 0.0347. The Morgan fingerprint density at radius 3 is 1.91 bits per heavy atom. The number of carbonyl (C=O) groups excluding carboxylic acids is 3. The van der Waals surface area contributed by atoms with E-state index in [1.807, 2.05) is 4.90 Å². The highest BCUT2D eigenvalue weighted by Crippen LogP contribution is 2.23. The van der Waals surface area contributed by atoms with Crippen LogP contribution in [0, 0.1) is 0 Å². The molecule has 0 N–H and O–H groups in total. The molecule has 2 aliphatic heterocycles. The predicted molar refractivity (Wildman–Crippen MR) is 82.5 cm³/mol. The molecule has 22 heavy (non-hydrogen) atoms. The smallest absolute Gasteiger partial charge is 0.253 e. The van der Waals surface area contributed by atoms with Crippen molar-refractivity contribution in [3.05, 3.63) is 29.8 Å². The first-order valence-corrected chi connectivity index (χ1v) is 7.92. The molecule has 5 nitrogen and oxygen atoms in total.